The van der Waals surface area contributed by atoms with Crippen LogP contribution in [0.15, 0.2) is 66.9 Å². The van der Waals surface area contributed by atoms with Crippen molar-refractivity contribution in [2.45, 2.75) is 6.92 Å². The molecule has 0 aliphatic carbocycles. The highest BCUT2D eigenvalue weighted by Crippen LogP contribution is 2.25. The Labute approximate surface area is 170 Å². The van der Waals surface area contributed by atoms with Gasteiger partial charge in [0.15, 0.2) is 0 Å². The zero-order valence-corrected chi connectivity index (χ0v) is 16.5. The van der Waals surface area contributed by atoms with E-state index in [9.17, 15) is 9.59 Å². The molecule has 0 bridgehead atoms. The van der Waals surface area contributed by atoms with Gasteiger partial charge in [-0.3, -0.25) is 14.6 Å². The Bertz CT molecular complexity index is 1010. The normalized spacial score (nSPS) is 14.1. The largest absolute Gasteiger partial charge is 0.368 e. The summed E-state index contributed by atoms with van der Waals surface area (Å²) in [5.74, 6) is -0.208. The van der Waals surface area contributed by atoms with Crippen LogP contribution in [0.25, 0.3) is 10.9 Å². The predicted octanol–water partition coefficient (Wildman–Crippen LogP) is 2.94. The first-order valence-corrected chi connectivity index (χ1v) is 9.83. The van der Waals surface area contributed by atoms with Crippen molar-refractivity contribution < 1.29 is 9.59 Å². The number of rotatable bonds is 4. The van der Waals surface area contributed by atoms with Gasteiger partial charge in [0.05, 0.1) is 11.2 Å². The minimum atomic E-state index is -0.167. The third-order valence-corrected chi connectivity index (χ3v) is 5.33. The fourth-order valence-corrected chi connectivity index (χ4v) is 3.76. The summed E-state index contributed by atoms with van der Waals surface area (Å²) in [6.07, 6.45) is 1.70. The van der Waals surface area contributed by atoms with Crippen LogP contribution in [0.1, 0.15) is 6.92 Å². The van der Waals surface area contributed by atoms with Crippen LogP contribution < -0.4 is 9.80 Å². The van der Waals surface area contributed by atoms with Gasteiger partial charge >= 0.3 is 0 Å². The summed E-state index contributed by atoms with van der Waals surface area (Å²) in [4.78, 5) is 35.4. The molecule has 29 heavy (non-hydrogen) atoms. The Morgan fingerprint density at radius 3 is 2.38 bits per heavy atom. The lowest BCUT2D eigenvalue weighted by atomic mass is 10.1. The Kier molecular flexibility index (Phi) is 5.42. The van der Waals surface area contributed by atoms with E-state index in [2.05, 4.69) is 22.0 Å². The number of hydrogen-bond acceptors (Lipinski definition) is 4. The number of carbonyl (C=O) groups excluding carboxylic acids is 2. The number of amides is 2. The standard InChI is InChI=1S/C23H24N4O2/c1-18(28)27(21-11-5-7-19-8-6-12-24-23(19)21)17-22(29)26-15-13-25(14-16-26)20-9-3-2-4-10-20/h2-12H,13-17H2,1H3. The van der Waals surface area contributed by atoms with Gasteiger partial charge in [0, 0.05) is 50.4 Å². The van der Waals surface area contributed by atoms with Crippen molar-refractivity contribution in [1.82, 2.24) is 9.88 Å². The molecule has 2 amide bonds. The second-order valence-corrected chi connectivity index (χ2v) is 7.16. The predicted molar refractivity (Wildman–Crippen MR) is 115 cm³/mol. The van der Waals surface area contributed by atoms with E-state index in [0.717, 1.165) is 24.0 Å². The minimum Gasteiger partial charge on any atom is -0.368 e. The molecule has 6 heteroatoms. The fraction of sp³-hybridized carbons (Fsp3) is 0.261. The molecule has 1 aliphatic heterocycles. The summed E-state index contributed by atoms with van der Waals surface area (Å²) in [6.45, 7) is 4.37. The number of anilines is 2. The van der Waals surface area contributed by atoms with Crippen molar-refractivity contribution in [2.24, 2.45) is 0 Å². The number of para-hydroxylation sites is 2. The molecule has 2 heterocycles. The van der Waals surface area contributed by atoms with Crippen molar-refractivity contribution in [1.29, 1.82) is 0 Å². The number of carbonyl (C=O) groups is 2. The summed E-state index contributed by atoms with van der Waals surface area (Å²) in [5.41, 5.74) is 2.57. The second-order valence-electron chi connectivity index (χ2n) is 7.16. The van der Waals surface area contributed by atoms with E-state index in [4.69, 9.17) is 0 Å². The summed E-state index contributed by atoms with van der Waals surface area (Å²) in [5, 5.41) is 0.945. The first-order valence-electron chi connectivity index (χ1n) is 9.83. The number of nitrogens with zero attached hydrogens (tertiary/aromatic N) is 4. The highest BCUT2D eigenvalue weighted by Gasteiger charge is 2.25. The third-order valence-electron chi connectivity index (χ3n) is 5.33. The highest BCUT2D eigenvalue weighted by atomic mass is 16.2. The number of aromatic nitrogens is 1. The smallest absolute Gasteiger partial charge is 0.242 e. The van der Waals surface area contributed by atoms with E-state index in [1.54, 1.807) is 6.20 Å². The van der Waals surface area contributed by atoms with E-state index in [-0.39, 0.29) is 18.4 Å². The molecule has 0 spiro atoms. The monoisotopic (exact) mass is 388 g/mol. The lowest BCUT2D eigenvalue weighted by molar-refractivity contribution is -0.131. The third kappa shape index (κ3) is 4.06. The zero-order chi connectivity index (χ0) is 20.2. The first kappa shape index (κ1) is 18.9. The van der Waals surface area contributed by atoms with Gasteiger partial charge in [0.25, 0.3) is 0 Å². The fourth-order valence-electron chi connectivity index (χ4n) is 3.76. The molecule has 0 radical (unpaired) electrons. The second kappa shape index (κ2) is 8.31. The lowest BCUT2D eigenvalue weighted by Crippen LogP contribution is -2.51. The molecule has 0 N–H and O–H groups in total. The molecule has 0 atom stereocenters. The quantitative estimate of drug-likeness (QED) is 0.690. The van der Waals surface area contributed by atoms with Crippen molar-refractivity contribution in [3.05, 3.63) is 66.9 Å². The maximum atomic E-state index is 13.0. The SMILES string of the molecule is CC(=O)N(CC(=O)N1CCN(c2ccccc2)CC1)c1cccc2cccnc12. The van der Waals surface area contributed by atoms with Crippen molar-refractivity contribution in [3.8, 4) is 0 Å². The number of hydrogen-bond donors (Lipinski definition) is 0. The molecule has 3 aromatic rings. The van der Waals surface area contributed by atoms with E-state index in [0.29, 0.717) is 18.8 Å². The topological polar surface area (TPSA) is 56.8 Å². The highest BCUT2D eigenvalue weighted by molar-refractivity contribution is 6.04. The van der Waals surface area contributed by atoms with Gasteiger partial charge in [0.2, 0.25) is 11.8 Å². The van der Waals surface area contributed by atoms with Gasteiger partial charge in [-0.2, -0.15) is 0 Å². The molecular weight excluding hydrogens is 364 g/mol. The van der Waals surface area contributed by atoms with Crippen LogP contribution in [0, 0.1) is 0 Å². The van der Waals surface area contributed by atoms with Crippen molar-refractivity contribution in [2.75, 3.05) is 42.5 Å². The van der Waals surface area contributed by atoms with Gasteiger partial charge < -0.3 is 14.7 Å². The van der Waals surface area contributed by atoms with Gasteiger partial charge in [0.1, 0.15) is 6.54 Å². The molecule has 6 nitrogen and oxygen atoms in total. The first-order chi connectivity index (χ1) is 14.1. The molecule has 0 saturated carbocycles. The van der Waals surface area contributed by atoms with Gasteiger partial charge in [-0.25, -0.2) is 0 Å². The Hall–Kier alpha value is -3.41. The molecule has 1 saturated heterocycles. The molecule has 2 aromatic carbocycles. The number of pyridine rings is 1. The summed E-state index contributed by atoms with van der Waals surface area (Å²) in [6, 6.07) is 19.7. The van der Waals surface area contributed by atoms with E-state index >= 15 is 0 Å². The summed E-state index contributed by atoms with van der Waals surface area (Å²) in [7, 11) is 0. The van der Waals surface area contributed by atoms with Crippen molar-refractivity contribution in [3.63, 3.8) is 0 Å². The molecule has 148 valence electrons. The minimum absolute atomic E-state index is 0.0242. The molecular formula is C23H24N4O2. The van der Waals surface area contributed by atoms with Crippen LogP contribution in [-0.2, 0) is 9.59 Å². The van der Waals surface area contributed by atoms with Crippen LogP contribution in [0.5, 0.6) is 0 Å². The number of piperazine rings is 1. The van der Waals surface area contributed by atoms with E-state index in [1.165, 1.54) is 17.5 Å². The molecule has 1 aromatic heterocycles. The van der Waals surface area contributed by atoms with Gasteiger partial charge in [-0.15, -0.1) is 0 Å². The molecule has 0 unspecified atom stereocenters. The number of fused-ring (bicyclic) bond motifs is 1. The van der Waals surface area contributed by atoms with Gasteiger partial charge in [-0.05, 0) is 24.3 Å². The summed E-state index contributed by atoms with van der Waals surface area (Å²) < 4.78 is 0. The maximum absolute atomic E-state index is 13.0. The van der Waals surface area contributed by atoms with Crippen LogP contribution >= 0.6 is 0 Å². The van der Waals surface area contributed by atoms with E-state index in [1.807, 2.05) is 53.4 Å². The summed E-state index contributed by atoms with van der Waals surface area (Å²) >= 11 is 0. The van der Waals surface area contributed by atoms with Crippen molar-refractivity contribution >= 4 is 34.1 Å². The average Bonchev–Trinajstić information content (AvgIpc) is 2.77. The lowest BCUT2D eigenvalue weighted by Gasteiger charge is -2.37. The Morgan fingerprint density at radius 2 is 1.66 bits per heavy atom. The molecule has 4 rings (SSSR count). The van der Waals surface area contributed by atoms with Crippen LogP contribution in [0.3, 0.4) is 0 Å². The van der Waals surface area contributed by atoms with Crippen LogP contribution in [0.4, 0.5) is 11.4 Å². The Balaban J connectivity index is 1.47. The Morgan fingerprint density at radius 1 is 0.931 bits per heavy atom. The number of benzene rings is 2. The molecule has 1 fully saturated rings. The average molecular weight is 388 g/mol. The van der Waals surface area contributed by atoms with E-state index < -0.39 is 0 Å². The molecule has 1 aliphatic rings. The maximum Gasteiger partial charge on any atom is 0.242 e. The van der Waals surface area contributed by atoms with Gasteiger partial charge in [-0.1, -0.05) is 36.4 Å². The van der Waals surface area contributed by atoms with Crippen LogP contribution in [-0.4, -0.2) is 54.4 Å². The van der Waals surface area contributed by atoms with Crippen LogP contribution in [0.2, 0.25) is 0 Å². The zero-order valence-electron chi connectivity index (χ0n) is 16.5.